The summed E-state index contributed by atoms with van der Waals surface area (Å²) in [5.41, 5.74) is 1.21. The van der Waals surface area contributed by atoms with Crippen LogP contribution in [0.1, 0.15) is 48.7 Å². The molecule has 0 unspecified atom stereocenters. The summed E-state index contributed by atoms with van der Waals surface area (Å²) in [6.45, 7) is 8.52. The van der Waals surface area contributed by atoms with Crippen molar-refractivity contribution in [3.63, 3.8) is 0 Å². The molecule has 1 aromatic heterocycles. The summed E-state index contributed by atoms with van der Waals surface area (Å²) in [5, 5.41) is 2.23. The first kappa shape index (κ1) is 43.0. The Morgan fingerprint density at radius 2 is 1.23 bits per heavy atom. The number of halogens is 3. The Bertz CT molecular complexity index is 2360. The highest BCUT2D eigenvalue weighted by molar-refractivity contribution is 7.88. The highest BCUT2D eigenvalue weighted by Crippen LogP contribution is 2.30. The number of hydrogen-bond donors (Lipinski definition) is 1. The molecule has 0 spiro atoms. The molecule has 0 atom stereocenters. The second-order valence-electron chi connectivity index (χ2n) is 11.7. The van der Waals surface area contributed by atoms with Crippen LogP contribution in [-0.4, -0.2) is 87.6 Å². The Hall–Kier alpha value is -5.76. The molecule has 0 fully saturated rings. The van der Waals surface area contributed by atoms with Crippen LogP contribution >= 0.6 is 0 Å². The molecule has 2 aliphatic rings. The molecule has 56 heavy (non-hydrogen) atoms. The number of anilines is 1. The van der Waals surface area contributed by atoms with Crippen molar-refractivity contribution in [2.24, 2.45) is 8.80 Å². The number of nitrogens with one attached hydrogen (secondary N) is 1. The molecule has 20 heteroatoms. The molecule has 3 aromatic rings. The number of ether oxygens (including phenoxy) is 3. The fraction of sp³-hybridized carbons (Fsp3) is 0.306. The van der Waals surface area contributed by atoms with Gasteiger partial charge < -0.3 is 19.5 Å². The molecule has 1 amide bonds. The van der Waals surface area contributed by atoms with Gasteiger partial charge in [0.1, 0.15) is 34.4 Å². The Labute approximate surface area is 322 Å². The minimum Gasteiger partial charge on any atom is -0.496 e. The maximum Gasteiger partial charge on any atom is 0.433 e. The van der Waals surface area contributed by atoms with Crippen LogP contribution in [0, 0.1) is 13.8 Å². The van der Waals surface area contributed by atoms with Crippen LogP contribution in [-0.2, 0) is 40.9 Å². The second kappa shape index (κ2) is 17.4. The van der Waals surface area contributed by atoms with Gasteiger partial charge in [0.25, 0.3) is 5.91 Å². The SMILES string of the molecule is CCN1C(C(=O)Nc2cccc(C(F)(F)F)n2)=CC(c2ccc(OC)c(C)c2)=NS1(=O)=O.CCOC(=O)C1=CC(c2ccc(OC)c(C)c2)=NS(=O)(=O)N1CC. The number of likely N-dealkylation sites (N-methyl/N-ethyl adjacent to an activating group) is 2. The van der Waals surface area contributed by atoms with Gasteiger partial charge in [-0.25, -0.2) is 18.4 Å². The third kappa shape index (κ3) is 9.72. The van der Waals surface area contributed by atoms with Gasteiger partial charge in [-0.3, -0.25) is 4.79 Å². The van der Waals surface area contributed by atoms with Crippen molar-refractivity contribution in [2.75, 3.05) is 39.2 Å². The molecule has 0 saturated heterocycles. The lowest BCUT2D eigenvalue weighted by molar-refractivity contribution is -0.141. The first-order valence-electron chi connectivity index (χ1n) is 16.8. The van der Waals surface area contributed by atoms with Crippen LogP contribution in [0.25, 0.3) is 0 Å². The molecule has 300 valence electrons. The normalized spacial score (nSPS) is 15.9. The maximum atomic E-state index is 12.9. The standard InChI is InChI=1S/C20H19F3N4O4S.C16H20N2O5S/c1-4-27-15(19(28)25-18-7-5-6-17(24-18)20(21,22)23)11-14(26-32(27,29)30)13-8-9-16(31-3)12(2)10-13;1-5-18-14(16(19)23-6-2)10-13(17-24(18,20)21)12-7-8-15(22-4)11(3)9-12/h5-11H,4H2,1-3H3,(H,24,25,28);7-10H,5-6H2,1-4H3. The molecule has 2 aliphatic heterocycles. The quantitative estimate of drug-likeness (QED) is 0.269. The van der Waals surface area contributed by atoms with E-state index in [0.717, 1.165) is 31.9 Å². The zero-order valence-corrected chi connectivity index (χ0v) is 33.0. The Morgan fingerprint density at radius 1 is 0.750 bits per heavy atom. The van der Waals surface area contributed by atoms with Crippen LogP contribution < -0.4 is 14.8 Å². The molecule has 3 heterocycles. The fourth-order valence-corrected chi connectivity index (χ4v) is 7.88. The lowest BCUT2D eigenvalue weighted by Crippen LogP contribution is -2.38. The third-order valence-corrected chi connectivity index (χ3v) is 10.9. The van der Waals surface area contributed by atoms with Crippen molar-refractivity contribution in [1.82, 2.24) is 13.6 Å². The van der Waals surface area contributed by atoms with Gasteiger partial charge in [0.2, 0.25) is 0 Å². The van der Waals surface area contributed by atoms with E-state index >= 15 is 0 Å². The molecular weight excluding hydrogens is 782 g/mol. The summed E-state index contributed by atoms with van der Waals surface area (Å²) in [7, 11) is -5.20. The van der Waals surface area contributed by atoms with Gasteiger partial charge in [0.05, 0.1) is 32.2 Å². The van der Waals surface area contributed by atoms with Gasteiger partial charge in [-0.1, -0.05) is 6.07 Å². The Kier molecular flexibility index (Phi) is 13.3. The predicted octanol–water partition coefficient (Wildman–Crippen LogP) is 5.13. The van der Waals surface area contributed by atoms with Crippen molar-refractivity contribution >= 4 is 49.5 Å². The van der Waals surface area contributed by atoms with Crippen LogP contribution in [0.4, 0.5) is 19.0 Å². The van der Waals surface area contributed by atoms with Crippen molar-refractivity contribution in [1.29, 1.82) is 0 Å². The maximum absolute atomic E-state index is 12.9. The number of alkyl halides is 3. The molecule has 2 aromatic carbocycles. The number of hydrogen-bond acceptors (Lipinski definition) is 10. The molecule has 5 rings (SSSR count). The number of allylic oxidation sites excluding steroid dienone is 2. The highest BCUT2D eigenvalue weighted by Gasteiger charge is 2.35. The van der Waals surface area contributed by atoms with Gasteiger partial charge in [-0.15, -0.1) is 8.80 Å². The largest absolute Gasteiger partial charge is 0.496 e. The number of esters is 1. The fourth-order valence-electron chi connectivity index (χ4n) is 5.45. The minimum absolute atomic E-state index is 0.00241. The van der Waals surface area contributed by atoms with Gasteiger partial charge in [0, 0.05) is 24.2 Å². The van der Waals surface area contributed by atoms with E-state index in [1.807, 2.05) is 6.92 Å². The number of aromatic nitrogens is 1. The number of benzene rings is 2. The van der Waals surface area contributed by atoms with Gasteiger partial charge in [-0.05, 0) is 106 Å². The predicted molar refractivity (Wildman–Crippen MR) is 202 cm³/mol. The number of nitrogens with zero attached hydrogens (tertiary/aromatic N) is 5. The number of pyridine rings is 1. The zero-order chi connectivity index (χ0) is 41.6. The number of carbonyl (C=O) groups excluding carboxylic acids is 2. The number of aryl methyl sites for hydroxylation is 2. The average Bonchev–Trinajstić information content (AvgIpc) is 3.13. The number of rotatable bonds is 10. The third-order valence-electron chi connectivity index (χ3n) is 8.02. The van der Waals surface area contributed by atoms with E-state index in [4.69, 9.17) is 14.2 Å². The number of carbonyl (C=O) groups is 2. The van der Waals surface area contributed by atoms with Crippen molar-refractivity contribution in [2.45, 2.75) is 40.8 Å². The second-order valence-corrected chi connectivity index (χ2v) is 14.8. The topological polar surface area (TPSA) is 186 Å². The number of amides is 1. The monoisotopic (exact) mass is 820 g/mol. The highest BCUT2D eigenvalue weighted by atomic mass is 32.2. The summed E-state index contributed by atoms with van der Waals surface area (Å²) in [5.74, 6) is -0.743. The van der Waals surface area contributed by atoms with Gasteiger partial charge in [0.15, 0.2) is 0 Å². The van der Waals surface area contributed by atoms with Crippen molar-refractivity contribution in [3.05, 3.63) is 106 Å². The summed E-state index contributed by atoms with van der Waals surface area (Å²) in [4.78, 5) is 28.4. The van der Waals surface area contributed by atoms with E-state index < -0.39 is 44.2 Å². The molecule has 0 aliphatic carbocycles. The number of methoxy groups -OCH3 is 2. The first-order chi connectivity index (χ1) is 26.3. The molecule has 15 nitrogen and oxygen atoms in total. The van der Waals surface area contributed by atoms with Crippen LogP contribution in [0.3, 0.4) is 0 Å². The van der Waals surface area contributed by atoms with Crippen molar-refractivity contribution < 1.29 is 53.8 Å². The van der Waals surface area contributed by atoms with Crippen molar-refractivity contribution in [3.8, 4) is 11.5 Å². The zero-order valence-electron chi connectivity index (χ0n) is 31.3. The summed E-state index contributed by atoms with van der Waals surface area (Å²) in [6, 6.07) is 13.1. The first-order valence-corrected chi connectivity index (χ1v) is 19.6. The van der Waals surface area contributed by atoms with E-state index in [9.17, 15) is 39.6 Å². The average molecular weight is 821 g/mol. The lowest BCUT2D eigenvalue weighted by Gasteiger charge is -2.26. The smallest absolute Gasteiger partial charge is 0.433 e. The van der Waals surface area contributed by atoms with Crippen LogP contribution in [0.2, 0.25) is 0 Å². The van der Waals surface area contributed by atoms with E-state index in [0.29, 0.717) is 22.6 Å². The molecule has 0 bridgehead atoms. The summed E-state index contributed by atoms with van der Waals surface area (Å²) >= 11 is 0. The Morgan fingerprint density at radius 3 is 1.66 bits per heavy atom. The van der Waals surface area contributed by atoms with E-state index in [2.05, 4.69) is 19.1 Å². The Balaban J connectivity index is 0.000000259. The van der Waals surface area contributed by atoms with Crippen LogP contribution in [0.5, 0.6) is 11.5 Å². The van der Waals surface area contributed by atoms with E-state index in [1.54, 1.807) is 64.3 Å². The van der Waals surface area contributed by atoms with E-state index in [-0.39, 0.29) is 48.3 Å². The summed E-state index contributed by atoms with van der Waals surface area (Å²) < 4.78 is 113. The van der Waals surface area contributed by atoms with E-state index in [1.165, 1.54) is 32.3 Å². The molecule has 0 saturated carbocycles. The molecule has 1 N–H and O–H groups in total. The molecule has 0 radical (unpaired) electrons. The lowest BCUT2D eigenvalue weighted by atomic mass is 10.1. The molecular formula is C36H39F3N6O9S2. The van der Waals surface area contributed by atoms with Gasteiger partial charge in [-0.2, -0.15) is 30.0 Å². The minimum atomic E-state index is -4.70. The van der Waals surface area contributed by atoms with Gasteiger partial charge >= 0.3 is 32.6 Å². The van der Waals surface area contributed by atoms with Crippen LogP contribution in [0.15, 0.2) is 86.9 Å². The summed E-state index contributed by atoms with van der Waals surface area (Å²) in [6.07, 6.45) is -2.01.